The van der Waals surface area contributed by atoms with Crippen LogP contribution in [0, 0.1) is 0 Å². The van der Waals surface area contributed by atoms with Crippen molar-refractivity contribution in [2.75, 3.05) is 0 Å². The lowest BCUT2D eigenvalue weighted by atomic mass is 10.0. The first-order chi connectivity index (χ1) is 24.7. The number of H-pyrrole nitrogens is 2. The van der Waals surface area contributed by atoms with E-state index in [0.717, 1.165) is 95.6 Å². The van der Waals surface area contributed by atoms with Crippen molar-refractivity contribution in [3.63, 3.8) is 0 Å². The third kappa shape index (κ3) is 5.18. The molecular formula is C45H30N4O. The van der Waals surface area contributed by atoms with Crippen LogP contribution in [0.25, 0.3) is 90.9 Å². The Bertz CT molecular complexity index is 2590. The number of nitrogens with one attached hydrogen (secondary N) is 2. The summed E-state index contributed by atoms with van der Waals surface area (Å²) >= 11 is 0. The van der Waals surface area contributed by atoms with Gasteiger partial charge in [-0.2, -0.15) is 0 Å². The first-order valence-electron chi connectivity index (χ1n) is 16.6. The summed E-state index contributed by atoms with van der Waals surface area (Å²) in [4.78, 5) is 29.8. The third-order valence-corrected chi connectivity index (χ3v) is 9.28. The maximum atomic E-state index is 11.6. The Morgan fingerprint density at radius 3 is 0.960 bits per heavy atom. The number of carbonyl (C=O) groups excluding carboxylic acids is 1. The summed E-state index contributed by atoms with van der Waals surface area (Å²) in [6, 6.07) is 47.4. The molecule has 5 heterocycles. The number of rotatable bonds is 5. The van der Waals surface area contributed by atoms with Gasteiger partial charge in [0.25, 0.3) is 0 Å². The summed E-state index contributed by atoms with van der Waals surface area (Å²) in [6.45, 7) is 0. The minimum Gasteiger partial charge on any atom is -0.354 e. The lowest BCUT2D eigenvalue weighted by Gasteiger charge is -2.07. The SMILES string of the molecule is O=Cc1ccc(-c2c3nc(c(-c4ccccc4)c4ccc([nH]4)c(-c4ccccc4)c4nc(c(-c5ccccc5)c5ccc2[nH]5)C=C4)C=C3)cc1. The molecular weight excluding hydrogens is 613 g/mol. The fraction of sp³-hybridized carbons (Fsp3) is 0. The molecule has 0 radical (unpaired) electrons. The Morgan fingerprint density at radius 1 is 0.360 bits per heavy atom. The van der Waals surface area contributed by atoms with Gasteiger partial charge in [-0.1, -0.05) is 115 Å². The van der Waals surface area contributed by atoms with Crippen LogP contribution in [0.1, 0.15) is 33.1 Å². The normalized spacial score (nSPS) is 11.9. The highest BCUT2D eigenvalue weighted by molar-refractivity contribution is 5.99. The fourth-order valence-corrected chi connectivity index (χ4v) is 6.96. The van der Waals surface area contributed by atoms with Crippen molar-refractivity contribution >= 4 is 52.7 Å². The highest BCUT2D eigenvalue weighted by Crippen LogP contribution is 2.38. The van der Waals surface area contributed by atoms with Crippen molar-refractivity contribution in [3.8, 4) is 44.5 Å². The summed E-state index contributed by atoms with van der Waals surface area (Å²) in [5.74, 6) is 0. The minimum absolute atomic E-state index is 0.623. The van der Waals surface area contributed by atoms with Crippen LogP contribution in [0.2, 0.25) is 0 Å². The van der Waals surface area contributed by atoms with E-state index < -0.39 is 0 Å². The van der Waals surface area contributed by atoms with E-state index in [9.17, 15) is 4.79 Å². The lowest BCUT2D eigenvalue weighted by Crippen LogP contribution is -1.90. The average molecular weight is 643 g/mol. The van der Waals surface area contributed by atoms with E-state index >= 15 is 0 Å². The number of hydrogen-bond acceptors (Lipinski definition) is 3. The second kappa shape index (κ2) is 12.3. The van der Waals surface area contributed by atoms with Crippen molar-refractivity contribution in [1.82, 2.24) is 19.9 Å². The Morgan fingerprint density at radius 2 is 0.660 bits per heavy atom. The molecule has 9 rings (SSSR count). The summed E-state index contributed by atoms with van der Waals surface area (Å²) in [7, 11) is 0. The molecule has 2 aliphatic heterocycles. The number of fused-ring (bicyclic) bond motifs is 8. The Balaban J connectivity index is 1.47. The maximum absolute atomic E-state index is 11.6. The van der Waals surface area contributed by atoms with Crippen LogP contribution in [-0.2, 0) is 0 Å². The predicted molar refractivity (Wildman–Crippen MR) is 206 cm³/mol. The predicted octanol–water partition coefficient (Wildman–Crippen LogP) is 11.1. The molecule has 50 heavy (non-hydrogen) atoms. The van der Waals surface area contributed by atoms with Gasteiger partial charge in [0.05, 0.1) is 22.8 Å². The maximum Gasteiger partial charge on any atom is 0.150 e. The number of aromatic nitrogens is 4. The molecule has 236 valence electrons. The van der Waals surface area contributed by atoms with Crippen LogP contribution in [0.15, 0.2) is 140 Å². The van der Waals surface area contributed by atoms with Gasteiger partial charge in [-0.05, 0) is 70.8 Å². The lowest BCUT2D eigenvalue weighted by molar-refractivity contribution is 0.112. The molecule has 2 N–H and O–H groups in total. The van der Waals surface area contributed by atoms with Crippen molar-refractivity contribution in [2.24, 2.45) is 0 Å². The van der Waals surface area contributed by atoms with Crippen LogP contribution in [0.5, 0.6) is 0 Å². The molecule has 5 nitrogen and oxygen atoms in total. The highest BCUT2D eigenvalue weighted by Gasteiger charge is 2.18. The second-order valence-corrected chi connectivity index (χ2v) is 12.3. The highest BCUT2D eigenvalue weighted by atomic mass is 16.1. The van der Waals surface area contributed by atoms with E-state index in [1.807, 2.05) is 42.5 Å². The van der Waals surface area contributed by atoms with E-state index in [0.29, 0.717) is 5.56 Å². The van der Waals surface area contributed by atoms with Gasteiger partial charge in [-0.3, -0.25) is 4.79 Å². The first kappa shape index (κ1) is 29.3. The van der Waals surface area contributed by atoms with Crippen LogP contribution in [0.4, 0.5) is 0 Å². The molecule has 0 spiro atoms. The molecule has 0 saturated carbocycles. The van der Waals surface area contributed by atoms with E-state index in [2.05, 4.69) is 131 Å². The van der Waals surface area contributed by atoms with Gasteiger partial charge in [0.1, 0.15) is 6.29 Å². The smallest absolute Gasteiger partial charge is 0.150 e. The molecule has 0 amide bonds. The summed E-state index contributed by atoms with van der Waals surface area (Å²) in [6.07, 6.45) is 9.26. The molecule has 7 aromatic rings. The van der Waals surface area contributed by atoms with Gasteiger partial charge < -0.3 is 9.97 Å². The van der Waals surface area contributed by atoms with E-state index in [-0.39, 0.29) is 0 Å². The number of aromatic amines is 2. The number of hydrogen-bond donors (Lipinski definition) is 2. The van der Waals surface area contributed by atoms with Gasteiger partial charge in [0.15, 0.2) is 0 Å². The zero-order valence-electron chi connectivity index (χ0n) is 27.0. The molecule has 0 saturated heterocycles. The molecule has 4 aromatic carbocycles. The molecule has 8 bridgehead atoms. The summed E-state index contributed by atoms with van der Waals surface area (Å²) in [5.41, 5.74) is 15.9. The second-order valence-electron chi connectivity index (χ2n) is 12.3. The van der Waals surface area contributed by atoms with Gasteiger partial charge >= 0.3 is 0 Å². The van der Waals surface area contributed by atoms with Crippen LogP contribution < -0.4 is 0 Å². The van der Waals surface area contributed by atoms with E-state index in [1.165, 1.54) is 0 Å². The molecule has 3 aromatic heterocycles. The summed E-state index contributed by atoms with van der Waals surface area (Å²) < 4.78 is 0. The van der Waals surface area contributed by atoms with Crippen molar-refractivity contribution in [1.29, 1.82) is 0 Å². The Kier molecular flexibility index (Phi) is 7.21. The largest absolute Gasteiger partial charge is 0.354 e. The fourth-order valence-electron chi connectivity index (χ4n) is 6.96. The molecule has 5 heteroatoms. The topological polar surface area (TPSA) is 74.4 Å². The van der Waals surface area contributed by atoms with E-state index in [4.69, 9.17) is 9.97 Å². The van der Waals surface area contributed by atoms with Crippen molar-refractivity contribution in [2.45, 2.75) is 0 Å². The number of carbonyl (C=O) groups is 1. The van der Waals surface area contributed by atoms with Crippen LogP contribution in [0.3, 0.4) is 0 Å². The Labute approximate surface area is 289 Å². The van der Waals surface area contributed by atoms with Crippen molar-refractivity contribution < 1.29 is 4.79 Å². The molecule has 0 aliphatic carbocycles. The number of nitrogens with zero attached hydrogens (tertiary/aromatic N) is 2. The zero-order chi connectivity index (χ0) is 33.4. The van der Waals surface area contributed by atoms with Gasteiger partial charge in [0.2, 0.25) is 0 Å². The molecule has 0 unspecified atom stereocenters. The molecule has 0 atom stereocenters. The number of aldehydes is 1. The average Bonchev–Trinajstić information content (AvgIpc) is 4.01. The van der Waals surface area contributed by atoms with E-state index in [1.54, 1.807) is 0 Å². The quantitative estimate of drug-likeness (QED) is 0.183. The van der Waals surface area contributed by atoms with Gasteiger partial charge in [0, 0.05) is 49.9 Å². The first-order valence-corrected chi connectivity index (χ1v) is 16.6. The van der Waals surface area contributed by atoms with Crippen LogP contribution in [-0.4, -0.2) is 26.2 Å². The monoisotopic (exact) mass is 642 g/mol. The Hall–Kier alpha value is -6.85. The molecule has 0 fully saturated rings. The van der Waals surface area contributed by atoms with Gasteiger partial charge in [-0.15, -0.1) is 0 Å². The third-order valence-electron chi connectivity index (χ3n) is 9.28. The standard InChI is InChI=1S/C45H30N4O/c50-28-29-16-18-33(19-17-29)45-40-26-24-38(48-40)43(31-12-6-2-7-13-31)36-22-20-34(46-36)42(30-10-4-1-5-11-30)35-21-23-37(47-35)44(32-14-8-3-9-15-32)39-25-27-41(45)49-39/h1-28,46,49H. The van der Waals surface area contributed by atoms with Crippen molar-refractivity contribution in [3.05, 3.63) is 168 Å². The minimum atomic E-state index is 0.623. The van der Waals surface area contributed by atoms with Gasteiger partial charge in [-0.25, -0.2) is 9.97 Å². The zero-order valence-corrected chi connectivity index (χ0v) is 27.0. The summed E-state index contributed by atoms with van der Waals surface area (Å²) in [5, 5.41) is 0. The number of benzene rings is 4. The molecule has 2 aliphatic rings. The van der Waals surface area contributed by atoms with Crippen LogP contribution >= 0.6 is 0 Å².